The molecule has 2 fully saturated rings. The summed E-state index contributed by atoms with van der Waals surface area (Å²) in [4.78, 5) is 22.8. The molecule has 1 saturated heterocycles. The largest absolute Gasteiger partial charge is 0.342 e. The van der Waals surface area contributed by atoms with Crippen LogP contribution in [0.15, 0.2) is 30.3 Å². The van der Waals surface area contributed by atoms with E-state index in [0.717, 1.165) is 30.7 Å². The van der Waals surface area contributed by atoms with Crippen LogP contribution in [0.2, 0.25) is 0 Å². The van der Waals surface area contributed by atoms with Crippen molar-refractivity contribution in [2.24, 2.45) is 5.92 Å². The summed E-state index contributed by atoms with van der Waals surface area (Å²) < 4.78 is 0. The minimum absolute atomic E-state index is 0.602. The summed E-state index contributed by atoms with van der Waals surface area (Å²) in [7, 11) is 0. The molecule has 0 radical (unpaired) electrons. The number of hydrogen-bond acceptors (Lipinski definition) is 2. The second-order valence-electron chi connectivity index (χ2n) is 5.63. The number of rotatable bonds is 2. The minimum atomic E-state index is 0.602. The Labute approximate surface area is 121 Å². The van der Waals surface area contributed by atoms with E-state index in [0.29, 0.717) is 6.04 Å². The first kappa shape index (κ1) is 14.8. The fourth-order valence-corrected chi connectivity index (χ4v) is 3.33. The maximum atomic E-state index is 10.7. The first-order valence-corrected chi connectivity index (χ1v) is 7.56. The Morgan fingerprint density at radius 3 is 2.30 bits per heavy atom. The third-order valence-electron chi connectivity index (χ3n) is 4.36. The maximum absolute atomic E-state index is 10.7. The maximum Gasteiger partial charge on any atom is 0.209 e. The number of hydrogen-bond donors (Lipinski definition) is 0. The molecule has 3 heteroatoms. The molecule has 1 aliphatic carbocycles. The lowest BCUT2D eigenvalue weighted by molar-refractivity contribution is -0.123. The van der Waals surface area contributed by atoms with E-state index in [4.69, 9.17) is 0 Å². The average molecular weight is 273 g/mol. The number of piperidine rings is 1. The molecule has 3 nitrogen and oxygen atoms in total. The number of fused-ring (bicyclic) bond motifs is 1. The van der Waals surface area contributed by atoms with Crippen molar-refractivity contribution in [3.63, 3.8) is 0 Å². The molecular formula is C17H23NO2. The smallest absolute Gasteiger partial charge is 0.209 e. The summed E-state index contributed by atoms with van der Waals surface area (Å²) >= 11 is 0. The first-order chi connectivity index (χ1) is 9.85. The number of benzene rings is 1. The predicted molar refractivity (Wildman–Crippen MR) is 79.6 cm³/mol. The van der Waals surface area contributed by atoms with Gasteiger partial charge in [0.25, 0.3) is 0 Å². The van der Waals surface area contributed by atoms with Crippen LogP contribution < -0.4 is 0 Å². The molecule has 0 bridgehead atoms. The van der Waals surface area contributed by atoms with Gasteiger partial charge in [0.05, 0.1) is 0 Å². The fourth-order valence-electron chi connectivity index (χ4n) is 3.33. The summed E-state index contributed by atoms with van der Waals surface area (Å²) in [5, 5.41) is 0. The molecule has 2 aliphatic rings. The average Bonchev–Trinajstić information content (AvgIpc) is 2.55. The molecule has 0 N–H and O–H groups in total. The van der Waals surface area contributed by atoms with Crippen molar-refractivity contribution in [1.29, 1.82) is 0 Å². The lowest BCUT2D eigenvalue weighted by Gasteiger charge is -2.42. The molecule has 0 aromatic heterocycles. The van der Waals surface area contributed by atoms with Gasteiger partial charge in [-0.3, -0.25) is 9.59 Å². The van der Waals surface area contributed by atoms with Crippen molar-refractivity contribution in [3.05, 3.63) is 35.9 Å². The standard InChI is InChI=1S/C10H17NO.C7H6O/c12-8-11-7-3-5-9-4-1-2-6-10(9)11;8-6-7-4-2-1-3-5-7/h8-10H,1-7H2;1-6H. The Balaban J connectivity index is 0.000000160. The van der Waals surface area contributed by atoms with Crippen molar-refractivity contribution in [2.45, 2.75) is 44.6 Å². The van der Waals surface area contributed by atoms with Gasteiger partial charge in [-0.1, -0.05) is 43.2 Å². The number of amides is 1. The SMILES string of the molecule is O=CN1CCCC2CCCCC21.O=Cc1ccccc1. The molecule has 0 spiro atoms. The zero-order valence-electron chi connectivity index (χ0n) is 11.9. The van der Waals surface area contributed by atoms with Gasteiger partial charge in [-0.2, -0.15) is 0 Å². The van der Waals surface area contributed by atoms with E-state index in [1.807, 2.05) is 23.1 Å². The highest BCUT2D eigenvalue weighted by Crippen LogP contribution is 2.34. The lowest BCUT2D eigenvalue weighted by Crippen LogP contribution is -2.45. The number of carbonyl (C=O) groups is 2. The molecule has 1 heterocycles. The van der Waals surface area contributed by atoms with Gasteiger partial charge < -0.3 is 4.90 Å². The summed E-state index contributed by atoms with van der Waals surface area (Å²) in [5.41, 5.74) is 0.729. The highest BCUT2D eigenvalue weighted by Gasteiger charge is 2.32. The molecule has 1 aromatic carbocycles. The third-order valence-corrected chi connectivity index (χ3v) is 4.36. The Hall–Kier alpha value is -1.64. The van der Waals surface area contributed by atoms with Crippen molar-refractivity contribution >= 4 is 12.7 Å². The molecule has 1 amide bonds. The van der Waals surface area contributed by atoms with E-state index in [1.165, 1.54) is 38.5 Å². The Bertz CT molecular complexity index is 416. The van der Waals surface area contributed by atoms with Crippen LogP contribution in [-0.2, 0) is 4.79 Å². The molecule has 1 saturated carbocycles. The molecule has 3 rings (SSSR count). The summed E-state index contributed by atoms with van der Waals surface area (Å²) in [6.45, 7) is 1.00. The molecule has 1 aromatic rings. The third kappa shape index (κ3) is 3.92. The summed E-state index contributed by atoms with van der Waals surface area (Å²) in [5.74, 6) is 0.831. The van der Waals surface area contributed by atoms with Gasteiger partial charge in [0.15, 0.2) is 0 Å². The predicted octanol–water partition coefficient (Wildman–Crippen LogP) is 3.30. The second kappa shape index (κ2) is 7.83. The van der Waals surface area contributed by atoms with E-state index in [2.05, 4.69) is 0 Å². The number of nitrogens with zero attached hydrogens (tertiary/aromatic N) is 1. The number of carbonyl (C=O) groups excluding carboxylic acids is 2. The van der Waals surface area contributed by atoms with E-state index >= 15 is 0 Å². The van der Waals surface area contributed by atoms with E-state index in [1.54, 1.807) is 12.1 Å². The molecule has 108 valence electrons. The molecule has 2 unspecified atom stereocenters. The zero-order valence-corrected chi connectivity index (χ0v) is 11.9. The highest BCUT2D eigenvalue weighted by molar-refractivity contribution is 5.74. The highest BCUT2D eigenvalue weighted by atomic mass is 16.1. The minimum Gasteiger partial charge on any atom is -0.342 e. The van der Waals surface area contributed by atoms with Gasteiger partial charge >= 0.3 is 0 Å². The lowest BCUT2D eigenvalue weighted by atomic mass is 9.78. The van der Waals surface area contributed by atoms with Gasteiger partial charge in [0.2, 0.25) is 6.41 Å². The number of aldehydes is 1. The van der Waals surface area contributed by atoms with E-state index < -0.39 is 0 Å². The normalized spacial score (nSPS) is 24.9. The Kier molecular flexibility index (Phi) is 5.78. The van der Waals surface area contributed by atoms with Crippen molar-refractivity contribution in [3.8, 4) is 0 Å². The van der Waals surface area contributed by atoms with Crippen LogP contribution in [-0.4, -0.2) is 30.2 Å². The molecular weight excluding hydrogens is 250 g/mol. The zero-order chi connectivity index (χ0) is 14.2. The van der Waals surface area contributed by atoms with Crippen molar-refractivity contribution in [1.82, 2.24) is 4.90 Å². The summed E-state index contributed by atoms with van der Waals surface area (Å²) in [6.07, 6.45) is 9.79. The monoisotopic (exact) mass is 273 g/mol. The molecule has 20 heavy (non-hydrogen) atoms. The van der Waals surface area contributed by atoms with Gasteiger partial charge in [-0.15, -0.1) is 0 Å². The molecule has 1 aliphatic heterocycles. The van der Waals surface area contributed by atoms with Crippen LogP contribution in [0.1, 0.15) is 48.9 Å². The van der Waals surface area contributed by atoms with E-state index in [9.17, 15) is 9.59 Å². The van der Waals surface area contributed by atoms with Gasteiger partial charge in [0.1, 0.15) is 6.29 Å². The second-order valence-corrected chi connectivity index (χ2v) is 5.63. The van der Waals surface area contributed by atoms with Crippen LogP contribution >= 0.6 is 0 Å². The molecule has 2 atom stereocenters. The van der Waals surface area contributed by atoms with Crippen LogP contribution in [0.25, 0.3) is 0 Å². The van der Waals surface area contributed by atoms with Gasteiger partial charge in [-0.25, -0.2) is 0 Å². The van der Waals surface area contributed by atoms with Gasteiger partial charge in [-0.05, 0) is 31.6 Å². The quantitative estimate of drug-likeness (QED) is 0.775. The fraction of sp³-hybridized carbons (Fsp3) is 0.529. The Morgan fingerprint density at radius 1 is 0.950 bits per heavy atom. The van der Waals surface area contributed by atoms with Crippen LogP contribution in [0.4, 0.5) is 0 Å². The Morgan fingerprint density at radius 2 is 1.65 bits per heavy atom. The summed E-state index contributed by atoms with van der Waals surface area (Å²) in [6, 6.07) is 9.70. The topological polar surface area (TPSA) is 37.4 Å². The number of likely N-dealkylation sites (tertiary alicyclic amines) is 1. The van der Waals surface area contributed by atoms with Crippen molar-refractivity contribution in [2.75, 3.05) is 6.54 Å². The van der Waals surface area contributed by atoms with Crippen LogP contribution in [0, 0.1) is 5.92 Å². The van der Waals surface area contributed by atoms with Gasteiger partial charge in [0, 0.05) is 18.2 Å². The van der Waals surface area contributed by atoms with Crippen LogP contribution in [0.5, 0.6) is 0 Å². The van der Waals surface area contributed by atoms with Crippen molar-refractivity contribution < 1.29 is 9.59 Å². The first-order valence-electron chi connectivity index (χ1n) is 7.56. The van der Waals surface area contributed by atoms with Crippen LogP contribution in [0.3, 0.4) is 0 Å². The van der Waals surface area contributed by atoms with E-state index in [-0.39, 0.29) is 0 Å².